The number of alkyl halides is 12. The van der Waals surface area contributed by atoms with Crippen molar-refractivity contribution < 1.29 is 52.7 Å². The molecule has 3 aliphatic rings. The number of nitrogens with zero attached hydrogens (tertiary/aromatic N) is 4. The molecule has 3 aliphatic carbocycles. The van der Waals surface area contributed by atoms with E-state index in [1.807, 2.05) is 0 Å². The topological polar surface area (TPSA) is 95.2 Å². The summed E-state index contributed by atoms with van der Waals surface area (Å²) in [4.78, 5) is 0. The van der Waals surface area contributed by atoms with Gasteiger partial charge in [-0.2, -0.15) is 73.7 Å². The highest BCUT2D eigenvalue weighted by Gasteiger charge is 2.41. The van der Waals surface area contributed by atoms with Gasteiger partial charge in [0.2, 0.25) is 0 Å². The van der Waals surface area contributed by atoms with Crippen LogP contribution in [0.25, 0.3) is 39.0 Å². The van der Waals surface area contributed by atoms with Crippen molar-refractivity contribution in [3.8, 4) is 46.5 Å². The summed E-state index contributed by atoms with van der Waals surface area (Å²) in [5, 5.41) is 40.0. The summed E-state index contributed by atoms with van der Waals surface area (Å²) in [5.41, 5.74) is -6.26. The number of hydrogen-bond acceptors (Lipinski definition) is 4. The molecule has 0 amide bonds. The molecule has 288 valence electrons. The van der Waals surface area contributed by atoms with Crippen molar-refractivity contribution in [3.63, 3.8) is 0 Å². The van der Waals surface area contributed by atoms with E-state index in [1.165, 1.54) is 36.4 Å². The second kappa shape index (κ2) is 13.3. The standard InChI is InChI=1S/C42H16F12N4/c43-39(44,45)25-5-21(6-26(11-25)40(46,47)48)19-1-3-29-31-13-32-30-4-2-20(22-7-27(41(49,50)51)12-28(8-22)42(52,53)54)10-34(30)38(24(17-57)18-58)36(32)14-35(31)37(33(29)9-19)23(15-55)16-56/h1-9,11-14,20H,10H2. The zero-order chi connectivity index (χ0) is 42.3. The van der Waals surface area contributed by atoms with Crippen LogP contribution in [0.4, 0.5) is 52.7 Å². The molecule has 0 saturated carbocycles. The molecule has 0 aromatic heterocycles. The third kappa shape index (κ3) is 6.57. The largest absolute Gasteiger partial charge is 0.416 e. The Morgan fingerprint density at radius 3 is 1.41 bits per heavy atom. The van der Waals surface area contributed by atoms with Gasteiger partial charge in [-0.3, -0.25) is 0 Å². The van der Waals surface area contributed by atoms with Crippen LogP contribution in [0.15, 0.2) is 95.6 Å². The summed E-state index contributed by atoms with van der Waals surface area (Å²) in [6, 6.07) is 16.0. The smallest absolute Gasteiger partial charge is 0.192 e. The second-order valence-electron chi connectivity index (χ2n) is 13.3. The summed E-state index contributed by atoms with van der Waals surface area (Å²) in [6.07, 6.45) is -18.0. The molecule has 0 spiro atoms. The predicted molar refractivity (Wildman–Crippen MR) is 183 cm³/mol. The maximum atomic E-state index is 13.7. The number of allylic oxidation sites excluding steroid dienone is 7. The van der Waals surface area contributed by atoms with Crippen LogP contribution in [0.1, 0.15) is 62.4 Å². The molecule has 0 heterocycles. The first-order valence-corrected chi connectivity index (χ1v) is 16.5. The Morgan fingerprint density at radius 1 is 0.466 bits per heavy atom. The average molecular weight is 805 g/mol. The monoisotopic (exact) mass is 804 g/mol. The Labute approximate surface area is 319 Å². The minimum atomic E-state index is -5.15. The SMILES string of the molecule is N#CC(C#N)=C1C2=C(C=CC(c3cc(C(F)(F)F)cc(C(F)(F)F)c3)C2)c2cc3c(cc21)C(=C(C#N)C#N)c1cc(-c2cc(C(F)(F)F)cc(C(F)(F)F)c2)ccc1-3. The van der Waals surface area contributed by atoms with Gasteiger partial charge in [-0.15, -0.1) is 0 Å². The van der Waals surface area contributed by atoms with E-state index >= 15 is 0 Å². The number of hydrogen-bond donors (Lipinski definition) is 0. The molecule has 58 heavy (non-hydrogen) atoms. The summed E-state index contributed by atoms with van der Waals surface area (Å²) in [5.74, 6) is -1.09. The average Bonchev–Trinajstić information content (AvgIpc) is 3.64. The molecule has 16 heteroatoms. The lowest BCUT2D eigenvalue weighted by Gasteiger charge is -2.22. The molecule has 0 saturated heterocycles. The quantitative estimate of drug-likeness (QED) is 0.131. The molecule has 0 aliphatic heterocycles. The van der Waals surface area contributed by atoms with Crippen molar-refractivity contribution in [2.45, 2.75) is 37.0 Å². The Morgan fingerprint density at radius 2 is 0.914 bits per heavy atom. The lowest BCUT2D eigenvalue weighted by atomic mass is 9.82. The predicted octanol–water partition coefficient (Wildman–Crippen LogP) is 12.6. The second-order valence-corrected chi connectivity index (χ2v) is 13.3. The first-order chi connectivity index (χ1) is 27.1. The molecular weight excluding hydrogens is 788 g/mol. The van der Waals surface area contributed by atoms with Crippen LogP contribution in [-0.4, -0.2) is 0 Å². The molecule has 0 N–H and O–H groups in total. The molecule has 4 aromatic rings. The first kappa shape index (κ1) is 39.2. The fourth-order valence-corrected chi connectivity index (χ4v) is 7.50. The summed E-state index contributed by atoms with van der Waals surface area (Å²) >= 11 is 0. The van der Waals surface area contributed by atoms with Gasteiger partial charge in [0.1, 0.15) is 35.4 Å². The Bertz CT molecular complexity index is 2700. The molecule has 0 radical (unpaired) electrons. The van der Waals surface area contributed by atoms with Gasteiger partial charge in [-0.1, -0.05) is 24.3 Å². The number of halogens is 12. The van der Waals surface area contributed by atoms with Crippen LogP contribution in [0.5, 0.6) is 0 Å². The lowest BCUT2D eigenvalue weighted by Crippen LogP contribution is -2.13. The van der Waals surface area contributed by atoms with Gasteiger partial charge >= 0.3 is 24.7 Å². The van der Waals surface area contributed by atoms with Gasteiger partial charge in [0, 0.05) is 17.1 Å². The van der Waals surface area contributed by atoms with Gasteiger partial charge in [-0.05, 0) is 122 Å². The molecule has 4 aromatic carbocycles. The highest BCUT2D eigenvalue weighted by atomic mass is 19.4. The summed E-state index contributed by atoms with van der Waals surface area (Å²) < 4.78 is 165. The molecule has 1 atom stereocenters. The Balaban J connectivity index is 1.41. The zero-order valence-corrected chi connectivity index (χ0v) is 28.6. The van der Waals surface area contributed by atoms with Crippen molar-refractivity contribution in [1.82, 2.24) is 0 Å². The normalized spacial score (nSPS) is 15.8. The molecule has 0 fully saturated rings. The third-order valence-electron chi connectivity index (χ3n) is 10.0. The van der Waals surface area contributed by atoms with Gasteiger partial charge in [-0.25, -0.2) is 0 Å². The molecule has 4 nitrogen and oxygen atoms in total. The number of nitriles is 4. The summed E-state index contributed by atoms with van der Waals surface area (Å²) in [6.45, 7) is 0. The fourth-order valence-electron chi connectivity index (χ4n) is 7.50. The minimum absolute atomic E-state index is 0.00900. The number of benzene rings is 4. The third-order valence-corrected chi connectivity index (χ3v) is 10.0. The molecule has 0 bridgehead atoms. The van der Waals surface area contributed by atoms with Gasteiger partial charge in [0.25, 0.3) is 0 Å². The van der Waals surface area contributed by atoms with E-state index in [4.69, 9.17) is 0 Å². The van der Waals surface area contributed by atoms with E-state index in [9.17, 15) is 73.7 Å². The molecule has 1 unspecified atom stereocenters. The van der Waals surface area contributed by atoms with Crippen molar-refractivity contribution >= 4 is 16.7 Å². The van der Waals surface area contributed by atoms with E-state index in [1.54, 1.807) is 30.3 Å². The zero-order valence-electron chi connectivity index (χ0n) is 28.6. The van der Waals surface area contributed by atoms with E-state index in [2.05, 4.69) is 0 Å². The highest BCUT2D eigenvalue weighted by Crippen LogP contribution is 2.56. The van der Waals surface area contributed by atoms with Crippen molar-refractivity contribution in [3.05, 3.63) is 146 Å². The van der Waals surface area contributed by atoms with E-state index < -0.39 is 69.6 Å². The van der Waals surface area contributed by atoms with Crippen molar-refractivity contribution in [1.29, 1.82) is 21.0 Å². The van der Waals surface area contributed by atoms with Gasteiger partial charge in [0.05, 0.1) is 22.3 Å². The van der Waals surface area contributed by atoms with Crippen LogP contribution in [0, 0.1) is 45.3 Å². The van der Waals surface area contributed by atoms with Crippen LogP contribution in [0.3, 0.4) is 0 Å². The highest BCUT2D eigenvalue weighted by molar-refractivity contribution is 6.12. The van der Waals surface area contributed by atoms with Crippen LogP contribution in [0.2, 0.25) is 0 Å². The first-order valence-electron chi connectivity index (χ1n) is 16.5. The van der Waals surface area contributed by atoms with Crippen LogP contribution >= 0.6 is 0 Å². The van der Waals surface area contributed by atoms with E-state index in [0.717, 1.165) is 0 Å². The maximum Gasteiger partial charge on any atom is 0.416 e. The molecule has 7 rings (SSSR count). The van der Waals surface area contributed by atoms with Crippen molar-refractivity contribution in [2.24, 2.45) is 0 Å². The number of rotatable bonds is 2. The number of fused-ring (bicyclic) bond motifs is 5. The lowest BCUT2D eigenvalue weighted by molar-refractivity contribution is -0.144. The van der Waals surface area contributed by atoms with Crippen LogP contribution < -0.4 is 0 Å². The maximum absolute atomic E-state index is 13.7. The Kier molecular flexibility index (Phi) is 8.98. The van der Waals surface area contributed by atoms with E-state index in [0.29, 0.717) is 46.5 Å². The van der Waals surface area contributed by atoms with Gasteiger partial charge < -0.3 is 0 Å². The van der Waals surface area contributed by atoms with Crippen LogP contribution in [-0.2, 0) is 24.7 Å². The molecular formula is C42H16F12N4. The van der Waals surface area contributed by atoms with Gasteiger partial charge in [0.15, 0.2) is 0 Å². The Hall–Kier alpha value is -7.04. The fraction of sp³-hybridized carbons (Fsp3) is 0.143. The summed E-state index contributed by atoms with van der Waals surface area (Å²) in [7, 11) is 0. The van der Waals surface area contributed by atoms with Crippen molar-refractivity contribution in [2.75, 3.05) is 0 Å². The van der Waals surface area contributed by atoms with E-state index in [-0.39, 0.29) is 63.1 Å². The minimum Gasteiger partial charge on any atom is -0.192 e.